The molecule has 0 radical (unpaired) electrons. The number of thiocarbonyl (C=S) groups is 1. The van der Waals surface area contributed by atoms with Crippen LogP contribution in [0, 0.1) is 0 Å². The molecule has 0 saturated heterocycles. The van der Waals surface area contributed by atoms with Crippen molar-refractivity contribution in [3.8, 4) is 0 Å². The predicted octanol–water partition coefficient (Wildman–Crippen LogP) is 6.03. The van der Waals surface area contributed by atoms with Gasteiger partial charge in [-0.3, -0.25) is 0 Å². The van der Waals surface area contributed by atoms with Gasteiger partial charge in [-0.05, 0) is 72.0 Å². The fourth-order valence-electron chi connectivity index (χ4n) is 3.64. The van der Waals surface area contributed by atoms with Crippen molar-refractivity contribution in [1.29, 1.82) is 0 Å². The normalized spacial score (nSPS) is 21.2. The van der Waals surface area contributed by atoms with E-state index in [1.807, 2.05) is 42.5 Å². The fourth-order valence-corrected chi connectivity index (χ4v) is 4.30. The summed E-state index contributed by atoms with van der Waals surface area (Å²) in [5.41, 5.74) is 5.74. The van der Waals surface area contributed by atoms with Crippen molar-refractivity contribution < 1.29 is 0 Å². The third kappa shape index (κ3) is 3.39. The van der Waals surface area contributed by atoms with E-state index in [-0.39, 0.29) is 6.04 Å². The number of nitrogens with one attached hydrogen (secondary N) is 2. The van der Waals surface area contributed by atoms with Crippen molar-refractivity contribution in [3.05, 3.63) is 86.5 Å². The van der Waals surface area contributed by atoms with Crippen molar-refractivity contribution in [2.75, 3.05) is 0 Å². The molecule has 132 valence electrons. The largest absolute Gasteiger partial charge is 0.352 e. The minimum Gasteiger partial charge on any atom is -0.352 e. The first-order chi connectivity index (χ1) is 12.6. The summed E-state index contributed by atoms with van der Waals surface area (Å²) in [4.78, 5) is 0. The summed E-state index contributed by atoms with van der Waals surface area (Å²) in [6.07, 6.45) is 5.26. The average molecular weight is 401 g/mol. The van der Waals surface area contributed by atoms with E-state index in [0.717, 1.165) is 46.1 Å². The fraction of sp³-hybridized carbons (Fsp3) is 0.190. The third-order valence-corrected chi connectivity index (χ3v) is 5.76. The minimum absolute atomic E-state index is 0.00222. The SMILES string of the molecule is S=C1NC2=C(CCC/C2=C/c2ccccc2Cl)C(c2ccccc2Cl)N1. The summed E-state index contributed by atoms with van der Waals surface area (Å²) >= 11 is 18.3. The molecule has 1 atom stereocenters. The van der Waals surface area contributed by atoms with Crippen LogP contribution in [0.1, 0.15) is 36.4 Å². The Hall–Kier alpha value is -1.81. The Morgan fingerprint density at radius 3 is 2.46 bits per heavy atom. The van der Waals surface area contributed by atoms with Crippen LogP contribution in [0.15, 0.2) is 65.4 Å². The number of rotatable bonds is 2. The Morgan fingerprint density at radius 2 is 1.69 bits per heavy atom. The quantitative estimate of drug-likeness (QED) is 0.601. The Bertz CT molecular complexity index is 933. The number of hydrogen-bond donors (Lipinski definition) is 2. The lowest BCUT2D eigenvalue weighted by Gasteiger charge is -2.36. The van der Waals surface area contributed by atoms with Gasteiger partial charge in [0.1, 0.15) is 0 Å². The van der Waals surface area contributed by atoms with E-state index < -0.39 is 0 Å². The smallest absolute Gasteiger partial charge is 0.171 e. The van der Waals surface area contributed by atoms with Crippen LogP contribution in [0.4, 0.5) is 0 Å². The van der Waals surface area contributed by atoms with Gasteiger partial charge < -0.3 is 10.6 Å². The maximum atomic E-state index is 6.47. The predicted molar refractivity (Wildman–Crippen MR) is 113 cm³/mol. The van der Waals surface area contributed by atoms with Gasteiger partial charge in [0.05, 0.1) is 6.04 Å². The summed E-state index contributed by atoms with van der Waals surface area (Å²) in [5.74, 6) is 0. The van der Waals surface area contributed by atoms with Crippen LogP contribution >= 0.6 is 35.4 Å². The summed E-state index contributed by atoms with van der Waals surface area (Å²) in [5, 5.41) is 8.90. The molecule has 2 aromatic rings. The lowest BCUT2D eigenvalue weighted by molar-refractivity contribution is 0.609. The second-order valence-corrected chi connectivity index (χ2v) is 7.72. The number of hydrogen-bond acceptors (Lipinski definition) is 1. The van der Waals surface area contributed by atoms with Crippen molar-refractivity contribution in [3.63, 3.8) is 0 Å². The molecule has 1 aliphatic heterocycles. The highest BCUT2D eigenvalue weighted by atomic mass is 35.5. The van der Waals surface area contributed by atoms with Gasteiger partial charge in [-0.25, -0.2) is 0 Å². The number of halogens is 2. The summed E-state index contributed by atoms with van der Waals surface area (Å²) in [7, 11) is 0. The molecule has 2 N–H and O–H groups in total. The van der Waals surface area contributed by atoms with Gasteiger partial charge >= 0.3 is 0 Å². The first-order valence-corrected chi connectivity index (χ1v) is 9.80. The molecule has 26 heavy (non-hydrogen) atoms. The molecule has 0 aromatic heterocycles. The zero-order valence-corrected chi connectivity index (χ0v) is 16.4. The Kier molecular flexibility index (Phi) is 5.03. The van der Waals surface area contributed by atoms with E-state index >= 15 is 0 Å². The Balaban J connectivity index is 1.81. The lowest BCUT2D eigenvalue weighted by Crippen LogP contribution is -2.45. The standard InChI is InChI=1S/C21H18Cl2N2S/c22-17-10-3-1-6-13(17)12-14-7-5-9-16-19(14)24-21(26)25-20(16)15-8-2-4-11-18(15)23/h1-4,6,8,10-12,20H,5,7,9H2,(H2,24,25,26)/b14-12-. The van der Waals surface area contributed by atoms with E-state index in [0.29, 0.717) is 5.11 Å². The maximum absolute atomic E-state index is 6.47. The first-order valence-electron chi connectivity index (χ1n) is 8.64. The molecule has 0 spiro atoms. The second-order valence-electron chi connectivity index (χ2n) is 6.50. The molecular weight excluding hydrogens is 383 g/mol. The molecule has 5 heteroatoms. The molecule has 2 aromatic carbocycles. The van der Waals surface area contributed by atoms with Crippen LogP contribution in [0.25, 0.3) is 6.08 Å². The van der Waals surface area contributed by atoms with E-state index in [9.17, 15) is 0 Å². The molecule has 0 saturated carbocycles. The van der Waals surface area contributed by atoms with Gasteiger partial charge in [-0.1, -0.05) is 59.6 Å². The van der Waals surface area contributed by atoms with Crippen molar-refractivity contribution in [2.24, 2.45) is 0 Å². The zero-order valence-electron chi connectivity index (χ0n) is 14.1. The number of benzene rings is 2. The highest BCUT2D eigenvalue weighted by molar-refractivity contribution is 7.80. The molecule has 1 aliphatic carbocycles. The van der Waals surface area contributed by atoms with Crippen LogP contribution in [0.3, 0.4) is 0 Å². The van der Waals surface area contributed by atoms with Crippen LogP contribution < -0.4 is 10.6 Å². The Labute approximate surface area is 168 Å². The molecule has 0 bridgehead atoms. The summed E-state index contributed by atoms with van der Waals surface area (Å²) in [6.45, 7) is 0. The van der Waals surface area contributed by atoms with Crippen molar-refractivity contribution in [1.82, 2.24) is 10.6 Å². The van der Waals surface area contributed by atoms with Gasteiger partial charge in [0.15, 0.2) is 5.11 Å². The van der Waals surface area contributed by atoms with Crippen LogP contribution in [0.2, 0.25) is 10.0 Å². The summed E-state index contributed by atoms with van der Waals surface area (Å²) < 4.78 is 0. The molecular formula is C21H18Cl2N2S. The highest BCUT2D eigenvalue weighted by Crippen LogP contribution is 2.40. The maximum Gasteiger partial charge on any atom is 0.171 e. The topological polar surface area (TPSA) is 24.1 Å². The molecule has 1 heterocycles. The van der Waals surface area contributed by atoms with Gasteiger partial charge in [0, 0.05) is 15.7 Å². The van der Waals surface area contributed by atoms with Crippen molar-refractivity contribution in [2.45, 2.75) is 25.3 Å². The van der Waals surface area contributed by atoms with Gasteiger partial charge in [0.25, 0.3) is 0 Å². The first kappa shape index (κ1) is 17.6. The highest BCUT2D eigenvalue weighted by Gasteiger charge is 2.31. The molecule has 0 fully saturated rings. The molecule has 4 rings (SSSR count). The summed E-state index contributed by atoms with van der Waals surface area (Å²) in [6, 6.07) is 15.8. The zero-order chi connectivity index (χ0) is 18.1. The molecule has 0 amide bonds. The minimum atomic E-state index is 0.00222. The monoisotopic (exact) mass is 400 g/mol. The van der Waals surface area contributed by atoms with E-state index in [1.54, 1.807) is 0 Å². The van der Waals surface area contributed by atoms with Gasteiger partial charge in [0.2, 0.25) is 0 Å². The van der Waals surface area contributed by atoms with Crippen LogP contribution in [-0.2, 0) is 0 Å². The van der Waals surface area contributed by atoms with Gasteiger partial charge in [-0.2, -0.15) is 0 Å². The third-order valence-electron chi connectivity index (χ3n) is 4.85. The average Bonchev–Trinajstić information content (AvgIpc) is 2.64. The second kappa shape index (κ2) is 7.43. The van der Waals surface area contributed by atoms with Crippen LogP contribution in [0.5, 0.6) is 0 Å². The number of allylic oxidation sites excluding steroid dienone is 1. The lowest BCUT2D eigenvalue weighted by atomic mass is 9.83. The van der Waals surface area contributed by atoms with E-state index in [2.05, 4.69) is 22.8 Å². The van der Waals surface area contributed by atoms with E-state index in [4.69, 9.17) is 35.4 Å². The Morgan fingerprint density at radius 1 is 0.962 bits per heavy atom. The van der Waals surface area contributed by atoms with E-state index in [1.165, 1.54) is 11.1 Å². The molecule has 2 nitrogen and oxygen atoms in total. The van der Waals surface area contributed by atoms with Crippen molar-refractivity contribution >= 4 is 46.6 Å². The molecule has 1 unspecified atom stereocenters. The van der Waals surface area contributed by atoms with Crippen LogP contribution in [-0.4, -0.2) is 5.11 Å². The van der Waals surface area contributed by atoms with Gasteiger partial charge in [-0.15, -0.1) is 0 Å². The molecule has 2 aliphatic rings.